The van der Waals surface area contributed by atoms with Crippen molar-refractivity contribution in [1.29, 1.82) is 0 Å². The van der Waals surface area contributed by atoms with E-state index in [-0.39, 0.29) is 11.9 Å². The van der Waals surface area contributed by atoms with Crippen LogP contribution in [0, 0.1) is 5.92 Å². The molecule has 1 aliphatic carbocycles. The molecular formula is C9H18N2O. The van der Waals surface area contributed by atoms with E-state index in [4.69, 9.17) is 5.73 Å². The Kier molecular flexibility index (Phi) is 3.09. The smallest absolute Gasteiger partial charge is 0.236 e. The number of carbonyl (C=O) groups excluding carboxylic acids is 1. The zero-order valence-electron chi connectivity index (χ0n) is 7.84. The molecule has 0 saturated heterocycles. The van der Waals surface area contributed by atoms with Gasteiger partial charge in [0.2, 0.25) is 5.91 Å². The first-order chi connectivity index (χ1) is 5.61. The third kappa shape index (κ3) is 2.21. The van der Waals surface area contributed by atoms with Gasteiger partial charge in [0, 0.05) is 6.04 Å². The van der Waals surface area contributed by atoms with Crippen LogP contribution in [-0.4, -0.2) is 18.0 Å². The first-order valence-electron chi connectivity index (χ1n) is 4.67. The highest BCUT2D eigenvalue weighted by Gasteiger charge is 2.25. The fourth-order valence-corrected chi connectivity index (χ4v) is 1.41. The van der Waals surface area contributed by atoms with Crippen molar-refractivity contribution in [2.45, 2.75) is 45.2 Å². The standard InChI is InChI=1S/C9H18N2O/c1-6(10)9(12)11-7(2)8-4-3-5-8/h6-8H,3-5,10H2,1-2H3,(H,11,12)/t6-,7?/m0/s1. The van der Waals surface area contributed by atoms with Crippen molar-refractivity contribution in [3.63, 3.8) is 0 Å². The number of amides is 1. The molecule has 3 N–H and O–H groups in total. The van der Waals surface area contributed by atoms with E-state index in [1.807, 2.05) is 0 Å². The Morgan fingerprint density at radius 3 is 2.42 bits per heavy atom. The van der Waals surface area contributed by atoms with E-state index >= 15 is 0 Å². The fraction of sp³-hybridized carbons (Fsp3) is 0.889. The molecule has 0 heterocycles. The Morgan fingerprint density at radius 1 is 1.50 bits per heavy atom. The second-order valence-electron chi connectivity index (χ2n) is 3.78. The van der Waals surface area contributed by atoms with Crippen LogP contribution in [0.25, 0.3) is 0 Å². The third-order valence-corrected chi connectivity index (χ3v) is 2.64. The Morgan fingerprint density at radius 2 is 2.08 bits per heavy atom. The highest BCUT2D eigenvalue weighted by molar-refractivity contribution is 5.81. The van der Waals surface area contributed by atoms with Gasteiger partial charge in [-0.25, -0.2) is 0 Å². The molecule has 0 radical (unpaired) electrons. The lowest BCUT2D eigenvalue weighted by molar-refractivity contribution is -0.123. The van der Waals surface area contributed by atoms with Crippen LogP contribution in [0.2, 0.25) is 0 Å². The molecule has 0 spiro atoms. The summed E-state index contributed by atoms with van der Waals surface area (Å²) >= 11 is 0. The molecule has 1 saturated carbocycles. The maximum absolute atomic E-state index is 11.2. The molecule has 0 aromatic heterocycles. The second kappa shape index (κ2) is 3.90. The van der Waals surface area contributed by atoms with Crippen molar-refractivity contribution in [2.75, 3.05) is 0 Å². The van der Waals surface area contributed by atoms with Gasteiger partial charge in [-0.15, -0.1) is 0 Å². The summed E-state index contributed by atoms with van der Waals surface area (Å²) in [6.07, 6.45) is 3.81. The molecule has 0 aliphatic heterocycles. The topological polar surface area (TPSA) is 55.1 Å². The van der Waals surface area contributed by atoms with Gasteiger partial charge in [-0.3, -0.25) is 4.79 Å². The molecule has 1 amide bonds. The molecular weight excluding hydrogens is 152 g/mol. The summed E-state index contributed by atoms with van der Waals surface area (Å²) in [5.74, 6) is 0.655. The molecule has 0 aromatic carbocycles. The van der Waals surface area contributed by atoms with Crippen LogP contribution < -0.4 is 11.1 Å². The van der Waals surface area contributed by atoms with Gasteiger partial charge in [0.05, 0.1) is 6.04 Å². The number of nitrogens with one attached hydrogen (secondary N) is 1. The molecule has 1 aliphatic rings. The molecule has 3 heteroatoms. The Labute approximate surface area is 73.7 Å². The average Bonchev–Trinajstić information content (AvgIpc) is 1.82. The van der Waals surface area contributed by atoms with Gasteiger partial charge in [-0.1, -0.05) is 6.42 Å². The zero-order chi connectivity index (χ0) is 9.14. The number of rotatable bonds is 3. The lowest BCUT2D eigenvalue weighted by Gasteiger charge is -2.32. The lowest BCUT2D eigenvalue weighted by atomic mass is 9.80. The van der Waals surface area contributed by atoms with Gasteiger partial charge in [0.25, 0.3) is 0 Å². The second-order valence-corrected chi connectivity index (χ2v) is 3.78. The number of hydrogen-bond donors (Lipinski definition) is 2. The number of nitrogens with two attached hydrogens (primary N) is 1. The molecule has 12 heavy (non-hydrogen) atoms. The molecule has 1 fully saturated rings. The van der Waals surface area contributed by atoms with Crippen LogP contribution in [0.5, 0.6) is 0 Å². The fourth-order valence-electron chi connectivity index (χ4n) is 1.41. The highest BCUT2D eigenvalue weighted by atomic mass is 16.2. The van der Waals surface area contributed by atoms with E-state index in [1.165, 1.54) is 19.3 Å². The maximum Gasteiger partial charge on any atom is 0.236 e. The summed E-state index contributed by atoms with van der Waals surface area (Å²) in [6, 6.07) is -0.0789. The van der Waals surface area contributed by atoms with Gasteiger partial charge < -0.3 is 11.1 Å². The van der Waals surface area contributed by atoms with Gasteiger partial charge in [0.15, 0.2) is 0 Å². The summed E-state index contributed by atoms with van der Waals surface area (Å²) in [6.45, 7) is 3.77. The molecule has 0 bridgehead atoms. The molecule has 3 nitrogen and oxygen atoms in total. The van der Waals surface area contributed by atoms with Crippen LogP contribution >= 0.6 is 0 Å². The van der Waals surface area contributed by atoms with Crippen LogP contribution in [-0.2, 0) is 4.79 Å². The first kappa shape index (κ1) is 9.52. The summed E-state index contributed by atoms with van der Waals surface area (Å²) in [5, 5.41) is 2.92. The SMILES string of the molecule is CC(NC(=O)[C@H](C)N)C1CCC1. The summed E-state index contributed by atoms with van der Waals surface area (Å²) in [5.41, 5.74) is 5.43. The Bertz CT molecular complexity index is 164. The molecule has 2 atom stereocenters. The van der Waals surface area contributed by atoms with Crippen LogP contribution in [0.15, 0.2) is 0 Å². The zero-order valence-corrected chi connectivity index (χ0v) is 7.84. The van der Waals surface area contributed by atoms with Crippen molar-refractivity contribution >= 4 is 5.91 Å². The van der Waals surface area contributed by atoms with Gasteiger partial charge >= 0.3 is 0 Å². The minimum Gasteiger partial charge on any atom is -0.352 e. The lowest BCUT2D eigenvalue weighted by Crippen LogP contribution is -2.46. The van der Waals surface area contributed by atoms with Crippen molar-refractivity contribution in [3.05, 3.63) is 0 Å². The van der Waals surface area contributed by atoms with Gasteiger partial charge in [-0.05, 0) is 32.6 Å². The molecule has 1 rings (SSSR count). The predicted molar refractivity (Wildman–Crippen MR) is 48.6 cm³/mol. The van der Waals surface area contributed by atoms with Crippen molar-refractivity contribution < 1.29 is 4.79 Å². The summed E-state index contributed by atoms with van der Waals surface area (Å²) < 4.78 is 0. The Balaban J connectivity index is 2.24. The van der Waals surface area contributed by atoms with Gasteiger partial charge in [-0.2, -0.15) is 0 Å². The number of hydrogen-bond acceptors (Lipinski definition) is 2. The minimum absolute atomic E-state index is 0.0330. The molecule has 1 unspecified atom stereocenters. The monoisotopic (exact) mass is 170 g/mol. The summed E-state index contributed by atoms with van der Waals surface area (Å²) in [4.78, 5) is 11.2. The third-order valence-electron chi connectivity index (χ3n) is 2.64. The highest BCUT2D eigenvalue weighted by Crippen LogP contribution is 2.29. The van der Waals surface area contributed by atoms with E-state index in [0.29, 0.717) is 12.0 Å². The molecule has 70 valence electrons. The molecule has 0 aromatic rings. The average molecular weight is 170 g/mol. The van der Waals surface area contributed by atoms with Crippen LogP contribution in [0.4, 0.5) is 0 Å². The van der Waals surface area contributed by atoms with E-state index in [2.05, 4.69) is 12.2 Å². The van der Waals surface area contributed by atoms with Gasteiger partial charge in [0.1, 0.15) is 0 Å². The first-order valence-corrected chi connectivity index (χ1v) is 4.67. The summed E-state index contributed by atoms with van der Waals surface area (Å²) in [7, 11) is 0. The van der Waals surface area contributed by atoms with E-state index in [0.717, 1.165) is 0 Å². The quantitative estimate of drug-likeness (QED) is 0.653. The van der Waals surface area contributed by atoms with Crippen LogP contribution in [0.3, 0.4) is 0 Å². The van der Waals surface area contributed by atoms with Crippen LogP contribution in [0.1, 0.15) is 33.1 Å². The van der Waals surface area contributed by atoms with Crippen molar-refractivity contribution in [2.24, 2.45) is 11.7 Å². The number of carbonyl (C=O) groups is 1. The van der Waals surface area contributed by atoms with E-state index < -0.39 is 0 Å². The largest absolute Gasteiger partial charge is 0.352 e. The normalized spacial score (nSPS) is 22.6. The predicted octanol–water partition coefficient (Wildman–Crippen LogP) is 0.638. The van der Waals surface area contributed by atoms with Crippen molar-refractivity contribution in [1.82, 2.24) is 5.32 Å². The minimum atomic E-state index is -0.382. The van der Waals surface area contributed by atoms with E-state index in [1.54, 1.807) is 6.92 Å². The van der Waals surface area contributed by atoms with Crippen molar-refractivity contribution in [3.8, 4) is 0 Å². The maximum atomic E-state index is 11.2. The van der Waals surface area contributed by atoms with E-state index in [9.17, 15) is 4.79 Å². The Hall–Kier alpha value is -0.570.